The number of rotatable bonds is 6. The number of hydrogen-bond donors (Lipinski definition) is 0. The summed E-state index contributed by atoms with van der Waals surface area (Å²) < 4.78 is 4.55. The molecule has 3 nitrogen and oxygen atoms in total. The number of Topliss-reactive ketones (excluding diaryl/α,β-unsaturated/α-hetero) is 1. The number of esters is 1. The average Bonchev–Trinajstić information content (AvgIpc) is 2.39. The molecule has 4 heteroatoms. The van der Waals surface area contributed by atoms with Gasteiger partial charge in [-0.25, -0.2) is 0 Å². The second kappa shape index (κ2) is 7.29. The maximum Gasteiger partial charge on any atom is 0.305 e. The first-order valence-corrected chi connectivity index (χ1v) is 6.70. The van der Waals surface area contributed by atoms with Gasteiger partial charge in [0.05, 0.1) is 7.11 Å². The number of methoxy groups -OCH3 is 1. The number of ketones is 1. The molecule has 0 amide bonds. The van der Waals surface area contributed by atoms with Gasteiger partial charge in [0.15, 0.2) is 5.78 Å². The Morgan fingerprint density at radius 1 is 1.11 bits per heavy atom. The predicted octanol–water partition coefficient (Wildman–Crippen LogP) is 3.87. The predicted molar refractivity (Wildman–Crippen MR) is 75.7 cm³/mol. The Kier molecular flexibility index (Phi) is 6.03. The topological polar surface area (TPSA) is 43.4 Å². The fourth-order valence-electron chi connectivity index (χ4n) is 1.91. The number of halogens is 1. The first-order chi connectivity index (χ1) is 8.95. The van der Waals surface area contributed by atoms with E-state index in [1.165, 1.54) is 7.11 Å². The van der Waals surface area contributed by atoms with Crippen molar-refractivity contribution in [1.29, 1.82) is 0 Å². The van der Waals surface area contributed by atoms with E-state index in [4.69, 9.17) is 11.6 Å². The largest absolute Gasteiger partial charge is 0.469 e. The fraction of sp³-hybridized carbons (Fsp3) is 0.467. The highest BCUT2D eigenvalue weighted by atomic mass is 35.5. The second-order valence-electron chi connectivity index (χ2n) is 4.63. The minimum absolute atomic E-state index is 0.0905. The Balaban J connectivity index is 2.52. The first-order valence-electron chi connectivity index (χ1n) is 6.32. The summed E-state index contributed by atoms with van der Waals surface area (Å²) in [5, 5.41) is 0.710. The lowest BCUT2D eigenvalue weighted by Gasteiger charge is -2.07. The van der Waals surface area contributed by atoms with Crippen molar-refractivity contribution in [2.75, 3.05) is 7.11 Å². The summed E-state index contributed by atoms with van der Waals surface area (Å²) in [5.41, 5.74) is 2.52. The Bertz CT molecular complexity index is 457. The molecule has 0 N–H and O–H groups in total. The van der Waals surface area contributed by atoms with Crippen LogP contribution in [-0.2, 0) is 9.53 Å². The number of benzene rings is 1. The van der Waals surface area contributed by atoms with Crippen LogP contribution < -0.4 is 0 Å². The van der Waals surface area contributed by atoms with Crippen molar-refractivity contribution in [1.82, 2.24) is 0 Å². The average molecular weight is 283 g/mol. The van der Waals surface area contributed by atoms with Crippen LogP contribution in [0.3, 0.4) is 0 Å². The lowest BCUT2D eigenvalue weighted by Crippen LogP contribution is -2.03. The van der Waals surface area contributed by atoms with Gasteiger partial charge in [-0.2, -0.15) is 0 Å². The molecule has 1 aromatic rings. The molecule has 0 aromatic heterocycles. The van der Waals surface area contributed by atoms with Crippen LogP contribution in [0.4, 0.5) is 0 Å². The Labute approximate surface area is 118 Å². The number of aryl methyl sites for hydroxylation is 2. The number of ether oxygens (including phenoxy) is 1. The summed E-state index contributed by atoms with van der Waals surface area (Å²) in [6.45, 7) is 3.78. The molecule has 0 saturated carbocycles. The molecule has 104 valence electrons. The van der Waals surface area contributed by atoms with Gasteiger partial charge >= 0.3 is 5.97 Å². The molecule has 0 atom stereocenters. The molecule has 1 aromatic carbocycles. The molecular formula is C15H19ClO3. The van der Waals surface area contributed by atoms with Gasteiger partial charge < -0.3 is 4.74 Å². The highest BCUT2D eigenvalue weighted by Gasteiger charge is 2.10. The van der Waals surface area contributed by atoms with Crippen molar-refractivity contribution in [3.63, 3.8) is 0 Å². The van der Waals surface area contributed by atoms with Crippen molar-refractivity contribution >= 4 is 23.4 Å². The molecule has 0 fully saturated rings. The molecule has 0 aliphatic rings. The van der Waals surface area contributed by atoms with E-state index >= 15 is 0 Å². The van der Waals surface area contributed by atoms with Gasteiger partial charge in [-0.3, -0.25) is 9.59 Å². The number of hydrogen-bond acceptors (Lipinski definition) is 3. The molecule has 0 aliphatic heterocycles. The molecule has 0 aliphatic carbocycles. The zero-order valence-corrected chi connectivity index (χ0v) is 12.3. The van der Waals surface area contributed by atoms with E-state index in [1.807, 2.05) is 26.0 Å². The highest BCUT2D eigenvalue weighted by Crippen LogP contribution is 2.22. The quantitative estimate of drug-likeness (QED) is 0.452. The lowest BCUT2D eigenvalue weighted by atomic mass is 10.0. The van der Waals surface area contributed by atoms with Crippen molar-refractivity contribution in [2.24, 2.45) is 0 Å². The summed E-state index contributed by atoms with van der Waals surface area (Å²) in [6, 6.07) is 3.63. The molecule has 0 unspecified atom stereocenters. The van der Waals surface area contributed by atoms with E-state index in [9.17, 15) is 9.59 Å². The summed E-state index contributed by atoms with van der Waals surface area (Å²) in [6.07, 6.45) is 2.17. The van der Waals surface area contributed by atoms with E-state index in [1.54, 1.807) is 0 Å². The van der Waals surface area contributed by atoms with Crippen LogP contribution in [0.15, 0.2) is 12.1 Å². The summed E-state index contributed by atoms with van der Waals surface area (Å²) >= 11 is 6.07. The smallest absolute Gasteiger partial charge is 0.305 e. The molecular weight excluding hydrogens is 264 g/mol. The van der Waals surface area contributed by atoms with Crippen molar-refractivity contribution in [3.8, 4) is 0 Å². The van der Waals surface area contributed by atoms with Crippen LogP contribution in [-0.4, -0.2) is 18.9 Å². The van der Waals surface area contributed by atoms with Crippen LogP contribution in [0.25, 0.3) is 0 Å². The van der Waals surface area contributed by atoms with Crippen LogP contribution in [0.2, 0.25) is 5.02 Å². The lowest BCUT2D eigenvalue weighted by molar-refractivity contribution is -0.140. The summed E-state index contributed by atoms with van der Waals surface area (Å²) in [4.78, 5) is 22.9. The highest BCUT2D eigenvalue weighted by molar-refractivity contribution is 6.32. The van der Waals surface area contributed by atoms with Gasteiger partial charge in [-0.05, 0) is 49.9 Å². The van der Waals surface area contributed by atoms with Crippen LogP contribution >= 0.6 is 11.6 Å². The molecule has 19 heavy (non-hydrogen) atoms. The Morgan fingerprint density at radius 2 is 1.63 bits per heavy atom. The normalized spacial score (nSPS) is 10.3. The van der Waals surface area contributed by atoms with Crippen molar-refractivity contribution in [2.45, 2.75) is 39.5 Å². The molecule has 0 heterocycles. The van der Waals surface area contributed by atoms with Gasteiger partial charge in [0.2, 0.25) is 0 Å². The van der Waals surface area contributed by atoms with Crippen LogP contribution in [0.1, 0.15) is 47.2 Å². The first kappa shape index (κ1) is 15.7. The van der Waals surface area contributed by atoms with Crippen molar-refractivity contribution < 1.29 is 14.3 Å². The zero-order chi connectivity index (χ0) is 14.4. The molecule has 0 bridgehead atoms. The van der Waals surface area contributed by atoms with Crippen LogP contribution in [0.5, 0.6) is 0 Å². The minimum Gasteiger partial charge on any atom is -0.469 e. The summed E-state index contributed by atoms with van der Waals surface area (Å²) in [7, 11) is 1.37. The van der Waals surface area contributed by atoms with Gasteiger partial charge in [0.1, 0.15) is 0 Å². The molecule has 1 rings (SSSR count). The third kappa shape index (κ3) is 4.67. The minimum atomic E-state index is -0.231. The molecule has 0 saturated heterocycles. The number of carbonyl (C=O) groups excluding carboxylic acids is 2. The van der Waals surface area contributed by atoms with Gasteiger partial charge in [-0.15, -0.1) is 0 Å². The maximum absolute atomic E-state index is 12.0. The third-order valence-electron chi connectivity index (χ3n) is 3.02. The van der Waals surface area contributed by atoms with Gasteiger partial charge in [-0.1, -0.05) is 11.6 Å². The monoisotopic (exact) mass is 282 g/mol. The van der Waals surface area contributed by atoms with E-state index in [-0.39, 0.29) is 11.8 Å². The van der Waals surface area contributed by atoms with Gasteiger partial charge in [0.25, 0.3) is 0 Å². The summed E-state index contributed by atoms with van der Waals surface area (Å²) in [5.74, 6) is -0.140. The Morgan fingerprint density at radius 3 is 2.16 bits per heavy atom. The maximum atomic E-state index is 12.0. The standard InChI is InChI=1S/C15H19ClO3/c1-10-8-12(9-11(2)15(10)16)13(17)6-4-5-7-14(18)19-3/h8-9H,4-7H2,1-3H3. The van der Waals surface area contributed by atoms with E-state index in [0.717, 1.165) is 11.1 Å². The molecule has 0 spiro atoms. The second-order valence-corrected chi connectivity index (χ2v) is 5.01. The van der Waals surface area contributed by atoms with Gasteiger partial charge in [0, 0.05) is 23.4 Å². The Hall–Kier alpha value is -1.35. The number of unbranched alkanes of at least 4 members (excludes halogenated alkanes) is 1. The SMILES string of the molecule is COC(=O)CCCCC(=O)c1cc(C)c(Cl)c(C)c1. The van der Waals surface area contributed by atoms with E-state index < -0.39 is 0 Å². The third-order valence-corrected chi connectivity index (χ3v) is 3.62. The van der Waals surface area contributed by atoms with E-state index in [0.29, 0.717) is 36.3 Å². The number of carbonyl (C=O) groups is 2. The molecule has 0 radical (unpaired) electrons. The van der Waals surface area contributed by atoms with E-state index in [2.05, 4.69) is 4.74 Å². The van der Waals surface area contributed by atoms with Crippen molar-refractivity contribution in [3.05, 3.63) is 33.8 Å². The fourth-order valence-corrected chi connectivity index (χ4v) is 2.02. The zero-order valence-electron chi connectivity index (χ0n) is 11.6. The van der Waals surface area contributed by atoms with Crippen LogP contribution in [0, 0.1) is 13.8 Å².